The van der Waals surface area contributed by atoms with Crippen LogP contribution in [0.4, 0.5) is 0 Å². The average Bonchev–Trinajstić information content (AvgIpc) is 2.74. The van der Waals surface area contributed by atoms with Gasteiger partial charge < -0.3 is 15.2 Å². The maximum atomic E-state index is 12.3. The van der Waals surface area contributed by atoms with Gasteiger partial charge in [-0.3, -0.25) is 4.79 Å². The van der Waals surface area contributed by atoms with E-state index in [4.69, 9.17) is 4.74 Å². The number of carboxylic acids is 1. The van der Waals surface area contributed by atoms with Crippen molar-refractivity contribution in [3.8, 4) is 5.75 Å². The smallest absolute Gasteiger partial charge is 0.343 e. The van der Waals surface area contributed by atoms with Gasteiger partial charge >= 0.3 is 11.9 Å². The lowest BCUT2D eigenvalue weighted by Gasteiger charge is -2.15. The molecule has 3 aromatic rings. The molecular formula is C23H19NO5. The number of esters is 1. The zero-order valence-electron chi connectivity index (χ0n) is 15.4. The van der Waals surface area contributed by atoms with Crippen LogP contribution in [0.2, 0.25) is 0 Å². The van der Waals surface area contributed by atoms with Crippen LogP contribution in [0.15, 0.2) is 84.9 Å². The van der Waals surface area contributed by atoms with Gasteiger partial charge in [0.1, 0.15) is 11.8 Å². The first-order chi connectivity index (χ1) is 14.0. The van der Waals surface area contributed by atoms with Crippen molar-refractivity contribution in [2.24, 2.45) is 0 Å². The highest BCUT2D eigenvalue weighted by molar-refractivity contribution is 5.96. The predicted molar refractivity (Wildman–Crippen MR) is 107 cm³/mol. The van der Waals surface area contributed by atoms with E-state index in [9.17, 15) is 19.5 Å². The molecule has 3 aromatic carbocycles. The molecule has 0 aliphatic carbocycles. The molecule has 0 fully saturated rings. The third-order valence-corrected chi connectivity index (χ3v) is 4.20. The number of carboxylic acid groups (broad SMARTS) is 1. The second kappa shape index (κ2) is 9.32. The van der Waals surface area contributed by atoms with Crippen LogP contribution in [0.5, 0.6) is 5.75 Å². The highest BCUT2D eigenvalue weighted by Gasteiger charge is 2.21. The number of carbonyl (C=O) groups is 3. The Kier molecular flexibility index (Phi) is 6.37. The van der Waals surface area contributed by atoms with Crippen LogP contribution in [0.1, 0.15) is 26.3 Å². The molecule has 0 aromatic heterocycles. The second-order valence-corrected chi connectivity index (χ2v) is 6.34. The number of amides is 1. The van der Waals surface area contributed by atoms with Gasteiger partial charge in [0, 0.05) is 12.0 Å². The monoisotopic (exact) mass is 389 g/mol. The highest BCUT2D eigenvalue weighted by atomic mass is 16.5. The van der Waals surface area contributed by atoms with Gasteiger partial charge in [-0.1, -0.05) is 48.5 Å². The van der Waals surface area contributed by atoms with E-state index in [0.29, 0.717) is 22.4 Å². The molecule has 0 radical (unpaired) electrons. The van der Waals surface area contributed by atoms with Crippen molar-refractivity contribution < 1.29 is 24.2 Å². The summed E-state index contributed by atoms with van der Waals surface area (Å²) >= 11 is 0. The first-order valence-corrected chi connectivity index (χ1v) is 8.98. The van der Waals surface area contributed by atoms with Gasteiger partial charge in [0.05, 0.1) is 5.56 Å². The molecule has 2 N–H and O–H groups in total. The van der Waals surface area contributed by atoms with E-state index < -0.39 is 23.9 Å². The number of carbonyl (C=O) groups excluding carboxylic acids is 2. The molecule has 6 nitrogen and oxygen atoms in total. The Morgan fingerprint density at radius 1 is 0.828 bits per heavy atom. The van der Waals surface area contributed by atoms with Crippen LogP contribution in [-0.2, 0) is 11.2 Å². The van der Waals surface area contributed by atoms with E-state index in [1.165, 1.54) is 0 Å². The topological polar surface area (TPSA) is 92.7 Å². The average molecular weight is 389 g/mol. The first-order valence-electron chi connectivity index (χ1n) is 8.98. The lowest BCUT2D eigenvalue weighted by Crippen LogP contribution is -2.42. The summed E-state index contributed by atoms with van der Waals surface area (Å²) in [5.74, 6) is -1.82. The Labute approximate surface area is 167 Å². The van der Waals surface area contributed by atoms with Gasteiger partial charge in [-0.05, 0) is 42.0 Å². The molecule has 29 heavy (non-hydrogen) atoms. The van der Waals surface area contributed by atoms with E-state index in [2.05, 4.69) is 5.32 Å². The minimum Gasteiger partial charge on any atom is -0.480 e. The second-order valence-electron chi connectivity index (χ2n) is 6.34. The molecule has 1 atom stereocenters. The van der Waals surface area contributed by atoms with Gasteiger partial charge in [0.15, 0.2) is 0 Å². The number of benzene rings is 3. The van der Waals surface area contributed by atoms with Crippen molar-refractivity contribution in [3.05, 3.63) is 102 Å². The lowest BCUT2D eigenvalue weighted by atomic mass is 10.0. The van der Waals surface area contributed by atoms with Crippen LogP contribution in [-0.4, -0.2) is 29.0 Å². The molecule has 6 heteroatoms. The lowest BCUT2D eigenvalue weighted by molar-refractivity contribution is -0.139. The first kappa shape index (κ1) is 19.8. The van der Waals surface area contributed by atoms with Crippen LogP contribution >= 0.6 is 0 Å². The molecule has 0 spiro atoms. The number of aliphatic carboxylic acids is 1. The summed E-state index contributed by atoms with van der Waals surface area (Å²) < 4.78 is 5.36. The standard InChI is InChI=1S/C23H19NO5/c25-21(17-9-3-1-4-10-17)24-20(22(26)27)15-16-8-7-13-19(14-16)29-23(28)18-11-5-2-6-12-18/h1-14,20H,15H2,(H,24,25)(H,26,27). The Balaban J connectivity index is 1.69. The maximum Gasteiger partial charge on any atom is 0.343 e. The normalized spacial score (nSPS) is 11.3. The Morgan fingerprint density at radius 2 is 1.45 bits per heavy atom. The Hall–Kier alpha value is -3.93. The van der Waals surface area contributed by atoms with Crippen molar-refractivity contribution >= 4 is 17.8 Å². The molecule has 0 bridgehead atoms. The predicted octanol–water partition coefficient (Wildman–Crippen LogP) is 3.33. The number of nitrogens with one attached hydrogen (secondary N) is 1. The quantitative estimate of drug-likeness (QED) is 0.478. The Morgan fingerprint density at radius 3 is 2.07 bits per heavy atom. The summed E-state index contributed by atoms with van der Waals surface area (Å²) in [7, 11) is 0. The summed E-state index contributed by atoms with van der Waals surface area (Å²) in [4.78, 5) is 36.1. The molecule has 3 rings (SSSR count). The van der Waals surface area contributed by atoms with E-state index >= 15 is 0 Å². The molecular weight excluding hydrogens is 370 g/mol. The molecule has 0 aliphatic rings. The van der Waals surface area contributed by atoms with Crippen LogP contribution in [0, 0.1) is 0 Å². The van der Waals surface area contributed by atoms with E-state index in [0.717, 1.165) is 0 Å². The summed E-state index contributed by atoms with van der Waals surface area (Å²) in [5, 5.41) is 12.0. The van der Waals surface area contributed by atoms with Crippen molar-refractivity contribution in [2.45, 2.75) is 12.5 Å². The maximum absolute atomic E-state index is 12.3. The van der Waals surface area contributed by atoms with Crippen LogP contribution in [0.3, 0.4) is 0 Å². The molecule has 0 aliphatic heterocycles. The number of hydrogen-bond donors (Lipinski definition) is 2. The van der Waals surface area contributed by atoms with Crippen LogP contribution < -0.4 is 10.1 Å². The molecule has 0 saturated heterocycles. The van der Waals surface area contributed by atoms with Gasteiger partial charge in [0.25, 0.3) is 5.91 Å². The fourth-order valence-corrected chi connectivity index (χ4v) is 2.74. The van der Waals surface area contributed by atoms with Crippen molar-refractivity contribution in [1.82, 2.24) is 5.32 Å². The minimum atomic E-state index is -1.15. The fourth-order valence-electron chi connectivity index (χ4n) is 2.74. The van der Waals surface area contributed by atoms with Gasteiger partial charge in [-0.25, -0.2) is 9.59 Å². The van der Waals surface area contributed by atoms with Gasteiger partial charge in [0.2, 0.25) is 0 Å². The third-order valence-electron chi connectivity index (χ3n) is 4.20. The molecule has 146 valence electrons. The summed E-state index contributed by atoms with van der Waals surface area (Å²) in [6.07, 6.45) is 0.0463. The minimum absolute atomic E-state index is 0.0463. The number of rotatable bonds is 7. The zero-order chi connectivity index (χ0) is 20.6. The van der Waals surface area contributed by atoms with E-state index in [1.807, 2.05) is 0 Å². The molecule has 0 heterocycles. The zero-order valence-corrected chi connectivity index (χ0v) is 15.4. The van der Waals surface area contributed by atoms with Crippen molar-refractivity contribution in [2.75, 3.05) is 0 Å². The summed E-state index contributed by atoms with van der Waals surface area (Å²) in [6.45, 7) is 0. The largest absolute Gasteiger partial charge is 0.480 e. The highest BCUT2D eigenvalue weighted by Crippen LogP contribution is 2.17. The third kappa shape index (κ3) is 5.52. The van der Waals surface area contributed by atoms with Crippen LogP contribution in [0.25, 0.3) is 0 Å². The van der Waals surface area contributed by atoms with E-state index in [-0.39, 0.29) is 6.42 Å². The molecule has 1 unspecified atom stereocenters. The molecule has 1 amide bonds. The fraction of sp³-hybridized carbons (Fsp3) is 0.0870. The SMILES string of the molecule is O=C(NC(Cc1cccc(OC(=O)c2ccccc2)c1)C(=O)O)c1ccccc1. The van der Waals surface area contributed by atoms with Crippen molar-refractivity contribution in [1.29, 1.82) is 0 Å². The summed E-state index contributed by atoms with van der Waals surface area (Å²) in [5.41, 5.74) is 1.41. The molecule has 0 saturated carbocycles. The van der Waals surface area contributed by atoms with Gasteiger partial charge in [-0.2, -0.15) is 0 Å². The summed E-state index contributed by atoms with van der Waals surface area (Å²) in [6, 6.07) is 22.4. The van der Waals surface area contributed by atoms with Crippen molar-refractivity contribution in [3.63, 3.8) is 0 Å². The number of ether oxygens (including phenoxy) is 1. The van der Waals surface area contributed by atoms with E-state index in [1.54, 1.807) is 84.9 Å². The Bertz CT molecular complexity index is 1000. The number of hydrogen-bond acceptors (Lipinski definition) is 4. The van der Waals surface area contributed by atoms with Gasteiger partial charge in [-0.15, -0.1) is 0 Å².